The highest BCUT2D eigenvalue weighted by molar-refractivity contribution is 5.65. The van der Waals surface area contributed by atoms with Crippen LogP contribution < -0.4 is 0 Å². The zero-order chi connectivity index (χ0) is 9.56. The molecule has 0 aromatic carbocycles. The third kappa shape index (κ3) is 6.98. The van der Waals surface area contributed by atoms with Crippen molar-refractivity contribution >= 4 is 5.97 Å². The Kier molecular flexibility index (Phi) is 4.99. The van der Waals surface area contributed by atoms with E-state index in [-0.39, 0.29) is 30.0 Å². The Morgan fingerprint density at radius 3 is 2.67 bits per heavy atom. The average molecular weight is 175 g/mol. The van der Waals surface area contributed by atoms with Crippen LogP contribution in [0.5, 0.6) is 0 Å². The molecule has 0 heterocycles. The van der Waals surface area contributed by atoms with Crippen LogP contribution in [0.1, 0.15) is 20.3 Å². The maximum absolute atomic E-state index is 10.3. The first-order valence-electron chi connectivity index (χ1n) is 3.77. The van der Waals surface area contributed by atoms with E-state index in [2.05, 4.69) is 4.74 Å². The third-order valence-corrected chi connectivity index (χ3v) is 1.38. The van der Waals surface area contributed by atoms with Crippen molar-refractivity contribution in [3.05, 3.63) is 10.1 Å². The molecule has 5 nitrogen and oxygen atoms in total. The summed E-state index contributed by atoms with van der Waals surface area (Å²) in [5.41, 5.74) is 0. The van der Waals surface area contributed by atoms with Gasteiger partial charge in [0.1, 0.15) is 0 Å². The Hall–Kier alpha value is -1.13. The maximum Gasteiger partial charge on any atom is 0.302 e. The van der Waals surface area contributed by atoms with Gasteiger partial charge in [-0.05, 0) is 6.42 Å². The van der Waals surface area contributed by atoms with Crippen molar-refractivity contribution in [2.24, 2.45) is 5.92 Å². The molecule has 0 rings (SSSR count). The number of carbonyl (C=O) groups excluding carboxylic acids is 1. The molecule has 0 amide bonds. The van der Waals surface area contributed by atoms with Crippen molar-refractivity contribution in [3.8, 4) is 0 Å². The molecular formula is C7H13NO4. The SMILES string of the molecule is CC(=O)OCCC(C)C[N+](=O)[O-]. The van der Waals surface area contributed by atoms with Crippen LogP contribution in [0.25, 0.3) is 0 Å². The zero-order valence-electron chi connectivity index (χ0n) is 7.28. The highest BCUT2D eigenvalue weighted by Crippen LogP contribution is 2.01. The molecule has 0 spiro atoms. The minimum atomic E-state index is -0.363. The van der Waals surface area contributed by atoms with Gasteiger partial charge in [-0.3, -0.25) is 14.9 Å². The van der Waals surface area contributed by atoms with E-state index in [1.807, 2.05) is 0 Å². The van der Waals surface area contributed by atoms with Crippen LogP contribution in [-0.4, -0.2) is 24.0 Å². The summed E-state index contributed by atoms with van der Waals surface area (Å²) >= 11 is 0. The van der Waals surface area contributed by atoms with Crippen LogP contribution in [0, 0.1) is 16.0 Å². The zero-order valence-corrected chi connectivity index (χ0v) is 7.28. The molecule has 12 heavy (non-hydrogen) atoms. The number of hydrogen-bond acceptors (Lipinski definition) is 4. The van der Waals surface area contributed by atoms with E-state index in [1.54, 1.807) is 6.92 Å². The number of hydrogen-bond donors (Lipinski definition) is 0. The molecule has 0 aliphatic carbocycles. The highest BCUT2D eigenvalue weighted by Gasteiger charge is 2.09. The van der Waals surface area contributed by atoms with E-state index >= 15 is 0 Å². The van der Waals surface area contributed by atoms with Crippen LogP contribution in [0.4, 0.5) is 0 Å². The van der Waals surface area contributed by atoms with E-state index in [0.29, 0.717) is 6.42 Å². The van der Waals surface area contributed by atoms with Gasteiger partial charge in [0.2, 0.25) is 6.54 Å². The lowest BCUT2D eigenvalue weighted by Gasteiger charge is -2.05. The summed E-state index contributed by atoms with van der Waals surface area (Å²) in [6.45, 7) is 3.27. The van der Waals surface area contributed by atoms with Gasteiger partial charge < -0.3 is 4.74 Å². The van der Waals surface area contributed by atoms with Gasteiger partial charge >= 0.3 is 5.97 Å². The summed E-state index contributed by atoms with van der Waals surface area (Å²) in [6.07, 6.45) is 0.542. The molecule has 0 aromatic rings. The van der Waals surface area contributed by atoms with Crippen LogP contribution >= 0.6 is 0 Å². The Balaban J connectivity index is 3.37. The number of rotatable bonds is 5. The molecule has 1 unspecified atom stereocenters. The monoisotopic (exact) mass is 175 g/mol. The van der Waals surface area contributed by atoms with Gasteiger partial charge in [0.25, 0.3) is 0 Å². The van der Waals surface area contributed by atoms with E-state index in [9.17, 15) is 14.9 Å². The third-order valence-electron chi connectivity index (χ3n) is 1.38. The van der Waals surface area contributed by atoms with Crippen molar-refractivity contribution in [1.29, 1.82) is 0 Å². The minimum Gasteiger partial charge on any atom is -0.466 e. The first-order chi connectivity index (χ1) is 5.52. The van der Waals surface area contributed by atoms with E-state index < -0.39 is 0 Å². The lowest BCUT2D eigenvalue weighted by Crippen LogP contribution is -2.14. The number of esters is 1. The predicted molar refractivity (Wildman–Crippen MR) is 42.3 cm³/mol. The molecule has 0 saturated carbocycles. The number of nitro groups is 1. The van der Waals surface area contributed by atoms with E-state index in [0.717, 1.165) is 0 Å². The Morgan fingerprint density at radius 1 is 1.67 bits per heavy atom. The number of ether oxygens (including phenoxy) is 1. The van der Waals surface area contributed by atoms with Gasteiger partial charge in [-0.25, -0.2) is 0 Å². The average Bonchev–Trinajstić information content (AvgIpc) is 1.84. The second-order valence-electron chi connectivity index (χ2n) is 2.75. The van der Waals surface area contributed by atoms with Crippen molar-refractivity contribution < 1.29 is 14.5 Å². The Labute approximate surface area is 70.9 Å². The van der Waals surface area contributed by atoms with Crippen molar-refractivity contribution in [2.45, 2.75) is 20.3 Å². The Morgan fingerprint density at radius 2 is 2.25 bits per heavy atom. The van der Waals surface area contributed by atoms with Crippen LogP contribution in [0.3, 0.4) is 0 Å². The summed E-state index contributed by atoms with van der Waals surface area (Å²) < 4.78 is 4.63. The van der Waals surface area contributed by atoms with Crippen molar-refractivity contribution in [1.82, 2.24) is 0 Å². The van der Waals surface area contributed by atoms with Crippen LogP contribution in [-0.2, 0) is 9.53 Å². The quantitative estimate of drug-likeness (QED) is 0.353. The van der Waals surface area contributed by atoms with Gasteiger partial charge in [0.15, 0.2) is 0 Å². The smallest absolute Gasteiger partial charge is 0.302 e. The van der Waals surface area contributed by atoms with E-state index in [1.165, 1.54) is 6.92 Å². The molecule has 0 radical (unpaired) electrons. The highest BCUT2D eigenvalue weighted by atomic mass is 16.6. The van der Waals surface area contributed by atoms with Gasteiger partial charge in [0.05, 0.1) is 6.61 Å². The molecule has 0 bridgehead atoms. The first-order valence-corrected chi connectivity index (χ1v) is 3.77. The summed E-state index contributed by atoms with van der Waals surface area (Å²) in [5.74, 6) is -0.386. The normalized spacial score (nSPS) is 12.2. The largest absolute Gasteiger partial charge is 0.466 e. The van der Waals surface area contributed by atoms with Crippen LogP contribution in [0.15, 0.2) is 0 Å². The standard InChI is InChI=1S/C7H13NO4/c1-6(5-8(10)11)3-4-12-7(2)9/h6H,3-5H2,1-2H3. The second-order valence-corrected chi connectivity index (χ2v) is 2.75. The van der Waals surface area contributed by atoms with Gasteiger partial charge in [-0.2, -0.15) is 0 Å². The molecule has 0 aromatic heterocycles. The van der Waals surface area contributed by atoms with E-state index in [4.69, 9.17) is 0 Å². The van der Waals surface area contributed by atoms with Gasteiger partial charge in [0, 0.05) is 17.8 Å². The molecule has 5 heteroatoms. The summed E-state index contributed by atoms with van der Waals surface area (Å²) in [7, 11) is 0. The fourth-order valence-electron chi connectivity index (χ4n) is 0.750. The van der Waals surface area contributed by atoms with Crippen molar-refractivity contribution in [2.75, 3.05) is 13.2 Å². The second kappa shape index (κ2) is 5.51. The molecule has 0 N–H and O–H groups in total. The topological polar surface area (TPSA) is 69.4 Å². The molecule has 1 atom stereocenters. The fraction of sp³-hybridized carbons (Fsp3) is 0.857. The molecular weight excluding hydrogens is 162 g/mol. The molecule has 0 aliphatic heterocycles. The van der Waals surface area contributed by atoms with Crippen LogP contribution in [0.2, 0.25) is 0 Å². The molecule has 0 fully saturated rings. The molecule has 0 saturated heterocycles. The van der Waals surface area contributed by atoms with Gasteiger partial charge in [-0.15, -0.1) is 0 Å². The lowest BCUT2D eigenvalue weighted by atomic mass is 10.1. The number of nitrogens with zero attached hydrogens (tertiary/aromatic N) is 1. The summed E-state index contributed by atoms with van der Waals surface area (Å²) in [5, 5.41) is 10.0. The van der Waals surface area contributed by atoms with Gasteiger partial charge in [-0.1, -0.05) is 6.92 Å². The Bertz CT molecular complexity index is 169. The summed E-state index contributed by atoms with van der Waals surface area (Å²) in [4.78, 5) is 19.9. The first kappa shape index (κ1) is 10.9. The molecule has 70 valence electrons. The summed E-state index contributed by atoms with van der Waals surface area (Å²) in [6, 6.07) is 0. The molecule has 0 aliphatic rings. The maximum atomic E-state index is 10.3. The minimum absolute atomic E-state index is 0.0423. The lowest BCUT2D eigenvalue weighted by molar-refractivity contribution is -0.487. The predicted octanol–water partition coefficient (Wildman–Crippen LogP) is 0.852. The van der Waals surface area contributed by atoms with Crippen molar-refractivity contribution in [3.63, 3.8) is 0 Å². The number of carbonyl (C=O) groups is 1. The fourth-order valence-corrected chi connectivity index (χ4v) is 0.750.